The highest BCUT2D eigenvalue weighted by Gasteiger charge is 2.06. The molecule has 0 bridgehead atoms. The van der Waals surface area contributed by atoms with Crippen molar-refractivity contribution in [1.82, 2.24) is 0 Å². The van der Waals surface area contributed by atoms with Gasteiger partial charge in [0.25, 0.3) is 0 Å². The Bertz CT molecular complexity index is 836. The molecule has 0 saturated carbocycles. The van der Waals surface area contributed by atoms with Crippen LogP contribution in [0.1, 0.15) is 11.1 Å². The van der Waals surface area contributed by atoms with Crippen molar-refractivity contribution in [1.29, 1.82) is 5.26 Å². The molecule has 3 heteroatoms. The third-order valence-electron chi connectivity index (χ3n) is 3.29. The second-order valence-corrected chi connectivity index (χ2v) is 5.60. The van der Waals surface area contributed by atoms with Crippen LogP contribution in [0, 0.1) is 11.3 Å². The fraction of sp³-hybridized carbons (Fsp3) is 0.0556. The molecule has 0 radical (unpaired) electrons. The highest BCUT2D eigenvalue weighted by atomic mass is 79.9. The number of ether oxygens (including phenoxy) is 1. The van der Waals surface area contributed by atoms with E-state index in [9.17, 15) is 0 Å². The van der Waals surface area contributed by atoms with Crippen LogP contribution in [0.25, 0.3) is 10.8 Å². The highest BCUT2D eigenvalue weighted by molar-refractivity contribution is 9.10. The standard InChI is InChI=1S/C18H12BrNO/c19-15-5-3-4-13(10-15)12-21-18-9-8-14(11-20)16-6-1-2-7-17(16)18/h1-10H,12H2. The first-order chi connectivity index (χ1) is 10.3. The normalized spacial score (nSPS) is 10.3. The van der Waals surface area contributed by atoms with Crippen LogP contribution in [-0.2, 0) is 6.61 Å². The number of nitrogens with zero attached hydrogens (tertiary/aromatic N) is 1. The molecule has 21 heavy (non-hydrogen) atoms. The van der Waals surface area contributed by atoms with E-state index >= 15 is 0 Å². The topological polar surface area (TPSA) is 33.0 Å². The van der Waals surface area contributed by atoms with Gasteiger partial charge in [-0.05, 0) is 29.8 Å². The molecule has 0 unspecified atom stereocenters. The van der Waals surface area contributed by atoms with Gasteiger partial charge in [-0.2, -0.15) is 5.26 Å². The molecule has 0 fully saturated rings. The van der Waals surface area contributed by atoms with Gasteiger partial charge in [-0.1, -0.05) is 52.3 Å². The Labute approximate surface area is 131 Å². The monoisotopic (exact) mass is 337 g/mol. The van der Waals surface area contributed by atoms with Crippen LogP contribution in [-0.4, -0.2) is 0 Å². The van der Waals surface area contributed by atoms with Crippen LogP contribution >= 0.6 is 15.9 Å². The van der Waals surface area contributed by atoms with Gasteiger partial charge in [0.2, 0.25) is 0 Å². The van der Waals surface area contributed by atoms with E-state index in [4.69, 9.17) is 10.00 Å². The Morgan fingerprint density at radius 3 is 2.52 bits per heavy atom. The fourth-order valence-electron chi connectivity index (χ4n) is 2.28. The average molecular weight is 338 g/mol. The summed E-state index contributed by atoms with van der Waals surface area (Å²) in [6.07, 6.45) is 0. The summed E-state index contributed by atoms with van der Waals surface area (Å²) in [5.41, 5.74) is 1.76. The smallest absolute Gasteiger partial charge is 0.127 e. The Morgan fingerprint density at radius 1 is 0.952 bits per heavy atom. The number of halogens is 1. The van der Waals surface area contributed by atoms with Gasteiger partial charge in [0, 0.05) is 15.2 Å². The predicted molar refractivity (Wildman–Crippen MR) is 87.1 cm³/mol. The molecule has 0 N–H and O–H groups in total. The molecule has 102 valence electrons. The van der Waals surface area contributed by atoms with Gasteiger partial charge in [0.15, 0.2) is 0 Å². The van der Waals surface area contributed by atoms with Crippen LogP contribution in [0.2, 0.25) is 0 Å². The number of nitriles is 1. The van der Waals surface area contributed by atoms with Gasteiger partial charge < -0.3 is 4.74 Å². The molecule has 0 aliphatic rings. The van der Waals surface area contributed by atoms with Crippen LogP contribution in [0.5, 0.6) is 5.75 Å². The summed E-state index contributed by atoms with van der Waals surface area (Å²) in [4.78, 5) is 0. The SMILES string of the molecule is N#Cc1ccc(OCc2cccc(Br)c2)c2ccccc12. The van der Waals surface area contributed by atoms with Gasteiger partial charge in [0.05, 0.1) is 11.6 Å². The minimum absolute atomic E-state index is 0.495. The van der Waals surface area contributed by atoms with E-state index in [1.165, 1.54) is 0 Å². The summed E-state index contributed by atoms with van der Waals surface area (Å²) < 4.78 is 6.97. The lowest BCUT2D eigenvalue weighted by molar-refractivity contribution is 0.310. The molecule has 3 aromatic carbocycles. The lowest BCUT2D eigenvalue weighted by atomic mass is 10.0. The zero-order valence-corrected chi connectivity index (χ0v) is 12.8. The first kappa shape index (κ1) is 13.7. The van der Waals surface area contributed by atoms with E-state index in [0.29, 0.717) is 12.2 Å². The molecule has 0 aliphatic carbocycles. The maximum atomic E-state index is 9.17. The number of hydrogen-bond acceptors (Lipinski definition) is 2. The Morgan fingerprint density at radius 2 is 1.76 bits per heavy atom. The predicted octanol–water partition coefficient (Wildman–Crippen LogP) is 5.05. The Kier molecular flexibility index (Phi) is 3.89. The van der Waals surface area contributed by atoms with Gasteiger partial charge in [0.1, 0.15) is 12.4 Å². The molecular formula is C18H12BrNO. The number of fused-ring (bicyclic) bond motifs is 1. The van der Waals surface area contributed by atoms with Crippen molar-refractivity contribution in [3.8, 4) is 11.8 Å². The van der Waals surface area contributed by atoms with E-state index in [1.807, 2.05) is 54.6 Å². The summed E-state index contributed by atoms with van der Waals surface area (Å²) in [5.74, 6) is 0.796. The molecule has 0 atom stereocenters. The van der Waals surface area contributed by atoms with Crippen LogP contribution in [0.4, 0.5) is 0 Å². The Balaban J connectivity index is 1.93. The molecule has 0 heterocycles. The number of benzene rings is 3. The number of rotatable bonds is 3. The third kappa shape index (κ3) is 2.91. The van der Waals surface area contributed by atoms with Crippen molar-refractivity contribution < 1.29 is 4.74 Å². The molecule has 2 nitrogen and oxygen atoms in total. The van der Waals surface area contributed by atoms with Gasteiger partial charge in [-0.3, -0.25) is 0 Å². The molecule has 0 saturated heterocycles. The lowest BCUT2D eigenvalue weighted by Gasteiger charge is -2.10. The number of hydrogen-bond donors (Lipinski definition) is 0. The molecule has 0 amide bonds. The summed E-state index contributed by atoms with van der Waals surface area (Å²) in [6.45, 7) is 0.495. The van der Waals surface area contributed by atoms with Crippen molar-refractivity contribution in [2.75, 3.05) is 0 Å². The van der Waals surface area contributed by atoms with Gasteiger partial charge in [-0.15, -0.1) is 0 Å². The lowest BCUT2D eigenvalue weighted by Crippen LogP contribution is -1.96. The van der Waals surface area contributed by atoms with E-state index in [1.54, 1.807) is 6.07 Å². The van der Waals surface area contributed by atoms with Crippen molar-refractivity contribution in [3.05, 3.63) is 76.3 Å². The van der Waals surface area contributed by atoms with Crippen LogP contribution < -0.4 is 4.74 Å². The maximum absolute atomic E-state index is 9.17. The van der Waals surface area contributed by atoms with Crippen molar-refractivity contribution in [2.24, 2.45) is 0 Å². The van der Waals surface area contributed by atoms with Crippen molar-refractivity contribution >= 4 is 26.7 Å². The zero-order valence-electron chi connectivity index (χ0n) is 11.2. The molecule has 3 aromatic rings. The minimum Gasteiger partial charge on any atom is -0.488 e. The molecular weight excluding hydrogens is 326 g/mol. The molecule has 0 spiro atoms. The highest BCUT2D eigenvalue weighted by Crippen LogP contribution is 2.29. The zero-order chi connectivity index (χ0) is 14.7. The fourth-order valence-corrected chi connectivity index (χ4v) is 2.73. The summed E-state index contributed by atoms with van der Waals surface area (Å²) in [6, 6.07) is 21.7. The summed E-state index contributed by atoms with van der Waals surface area (Å²) in [5, 5.41) is 11.1. The van der Waals surface area contributed by atoms with E-state index < -0.39 is 0 Å². The maximum Gasteiger partial charge on any atom is 0.127 e. The molecule has 3 rings (SSSR count). The average Bonchev–Trinajstić information content (AvgIpc) is 2.52. The van der Waals surface area contributed by atoms with Gasteiger partial charge in [-0.25, -0.2) is 0 Å². The summed E-state index contributed by atoms with van der Waals surface area (Å²) in [7, 11) is 0. The first-order valence-electron chi connectivity index (χ1n) is 6.57. The van der Waals surface area contributed by atoms with Gasteiger partial charge >= 0.3 is 0 Å². The summed E-state index contributed by atoms with van der Waals surface area (Å²) >= 11 is 3.46. The van der Waals surface area contributed by atoms with Crippen LogP contribution in [0.3, 0.4) is 0 Å². The second kappa shape index (κ2) is 5.99. The first-order valence-corrected chi connectivity index (χ1v) is 7.36. The third-order valence-corrected chi connectivity index (χ3v) is 3.78. The molecule has 0 aromatic heterocycles. The molecule has 0 aliphatic heterocycles. The minimum atomic E-state index is 0.495. The van der Waals surface area contributed by atoms with E-state index in [0.717, 1.165) is 26.6 Å². The Hall–Kier alpha value is -2.31. The second-order valence-electron chi connectivity index (χ2n) is 4.69. The van der Waals surface area contributed by atoms with Crippen molar-refractivity contribution in [2.45, 2.75) is 6.61 Å². The quantitative estimate of drug-likeness (QED) is 0.669. The van der Waals surface area contributed by atoms with Crippen molar-refractivity contribution in [3.63, 3.8) is 0 Å². The van der Waals surface area contributed by atoms with E-state index in [2.05, 4.69) is 22.0 Å². The largest absolute Gasteiger partial charge is 0.488 e. The van der Waals surface area contributed by atoms with Crippen LogP contribution in [0.15, 0.2) is 65.1 Å². The van der Waals surface area contributed by atoms with E-state index in [-0.39, 0.29) is 0 Å².